The lowest BCUT2D eigenvalue weighted by atomic mass is 9.94. The van der Waals surface area contributed by atoms with Gasteiger partial charge in [0.1, 0.15) is 11.2 Å². The van der Waals surface area contributed by atoms with Crippen LogP contribution >= 0.6 is 12.4 Å². The van der Waals surface area contributed by atoms with Crippen molar-refractivity contribution in [3.8, 4) is 0 Å². The Balaban J connectivity index is 0.00000225. The van der Waals surface area contributed by atoms with E-state index in [9.17, 15) is 9.59 Å². The average molecular weight is 408 g/mol. The molecule has 1 amide bonds. The molecule has 1 aliphatic heterocycles. The van der Waals surface area contributed by atoms with Crippen molar-refractivity contribution >= 4 is 24.0 Å². The van der Waals surface area contributed by atoms with E-state index in [4.69, 9.17) is 0 Å². The van der Waals surface area contributed by atoms with E-state index in [-0.39, 0.29) is 29.8 Å². The van der Waals surface area contributed by atoms with E-state index >= 15 is 0 Å². The van der Waals surface area contributed by atoms with E-state index in [0.717, 1.165) is 51.1 Å². The van der Waals surface area contributed by atoms with Crippen molar-refractivity contribution in [2.24, 2.45) is 5.92 Å². The first-order chi connectivity index (χ1) is 13.1. The number of amides is 1. The molecule has 0 spiro atoms. The number of hydrogen-bond acceptors (Lipinski definition) is 4. The molecular weight excluding hydrogens is 378 g/mol. The zero-order valence-corrected chi connectivity index (χ0v) is 17.5. The van der Waals surface area contributed by atoms with Crippen LogP contribution in [0.2, 0.25) is 0 Å². The van der Waals surface area contributed by atoms with Gasteiger partial charge in [0.05, 0.1) is 11.4 Å². The number of fused-ring (bicyclic) bond motifs is 1. The number of aryl methyl sites for hydroxylation is 1. The van der Waals surface area contributed by atoms with Crippen LogP contribution in [0.5, 0.6) is 0 Å². The molecule has 3 heterocycles. The first-order valence-corrected chi connectivity index (χ1v) is 10.2. The number of carbonyl (C=O) groups is 1. The predicted octanol–water partition coefficient (Wildman–Crippen LogP) is 2.48. The summed E-state index contributed by atoms with van der Waals surface area (Å²) in [5.74, 6) is 0.915. The second-order valence-electron chi connectivity index (χ2n) is 8.00. The number of hydrogen-bond donors (Lipinski definition) is 2. The fourth-order valence-electron chi connectivity index (χ4n) is 4.16. The summed E-state index contributed by atoms with van der Waals surface area (Å²) in [6.45, 7) is 7.39. The van der Waals surface area contributed by atoms with Crippen molar-refractivity contribution in [2.45, 2.75) is 51.9 Å². The highest BCUT2D eigenvalue weighted by molar-refractivity contribution is 6.01. The van der Waals surface area contributed by atoms with Gasteiger partial charge in [-0.15, -0.1) is 12.4 Å². The van der Waals surface area contributed by atoms with Crippen LogP contribution in [0.15, 0.2) is 10.9 Å². The van der Waals surface area contributed by atoms with Crippen LogP contribution in [0.1, 0.15) is 66.7 Å². The number of nitrogens with one attached hydrogen (secondary N) is 2. The van der Waals surface area contributed by atoms with E-state index in [1.54, 1.807) is 10.6 Å². The van der Waals surface area contributed by atoms with Gasteiger partial charge in [-0.3, -0.25) is 9.59 Å². The molecule has 28 heavy (non-hydrogen) atoms. The lowest BCUT2D eigenvalue weighted by Crippen LogP contribution is -2.34. The summed E-state index contributed by atoms with van der Waals surface area (Å²) in [4.78, 5) is 30.5. The number of carbonyl (C=O) groups excluding carboxylic acids is 1. The molecule has 0 bridgehead atoms. The lowest BCUT2D eigenvalue weighted by molar-refractivity contribution is 0.0748. The molecular formula is C20H30ClN5O2. The van der Waals surface area contributed by atoms with Crippen molar-refractivity contribution in [3.63, 3.8) is 0 Å². The number of nitrogens with zero attached hydrogens (tertiary/aromatic N) is 3. The van der Waals surface area contributed by atoms with E-state index in [1.165, 1.54) is 12.8 Å². The van der Waals surface area contributed by atoms with Crippen molar-refractivity contribution < 1.29 is 4.79 Å². The van der Waals surface area contributed by atoms with Gasteiger partial charge in [-0.05, 0) is 58.0 Å². The molecule has 2 aromatic heterocycles. The number of rotatable bonds is 6. The van der Waals surface area contributed by atoms with Gasteiger partial charge in [0, 0.05) is 25.1 Å². The van der Waals surface area contributed by atoms with Crippen LogP contribution in [0.25, 0.3) is 5.65 Å². The van der Waals surface area contributed by atoms with Gasteiger partial charge in [-0.25, -0.2) is 4.52 Å². The Bertz CT molecular complexity index is 896. The van der Waals surface area contributed by atoms with Crippen LogP contribution in [0.3, 0.4) is 0 Å². The molecule has 0 atom stereocenters. The second kappa shape index (κ2) is 8.66. The fraction of sp³-hybridized carbons (Fsp3) is 0.650. The third kappa shape index (κ3) is 4.10. The maximum atomic E-state index is 13.3. The van der Waals surface area contributed by atoms with Crippen LogP contribution in [-0.4, -0.2) is 51.6 Å². The van der Waals surface area contributed by atoms with Crippen molar-refractivity contribution in [3.05, 3.63) is 33.4 Å². The maximum Gasteiger partial charge on any atom is 0.259 e. The summed E-state index contributed by atoms with van der Waals surface area (Å²) in [6, 6.07) is 1.65. The second-order valence-corrected chi connectivity index (χ2v) is 8.00. The molecule has 154 valence electrons. The van der Waals surface area contributed by atoms with Crippen LogP contribution in [0.4, 0.5) is 0 Å². The average Bonchev–Trinajstić information content (AvgIpc) is 3.42. The molecule has 4 rings (SSSR count). The minimum Gasteiger partial charge on any atom is -0.338 e. The minimum absolute atomic E-state index is 0. The molecule has 8 heteroatoms. The van der Waals surface area contributed by atoms with Crippen LogP contribution in [-0.2, 0) is 0 Å². The summed E-state index contributed by atoms with van der Waals surface area (Å²) in [7, 11) is 0. The summed E-state index contributed by atoms with van der Waals surface area (Å²) < 4.78 is 1.81. The first-order valence-electron chi connectivity index (χ1n) is 10.2. The zero-order chi connectivity index (χ0) is 19.0. The van der Waals surface area contributed by atoms with Crippen LogP contribution in [0, 0.1) is 12.8 Å². The smallest absolute Gasteiger partial charge is 0.259 e. The number of aromatic nitrogens is 3. The van der Waals surface area contributed by atoms with Gasteiger partial charge in [0.25, 0.3) is 11.5 Å². The Labute approximate surface area is 171 Å². The number of H-pyrrole nitrogens is 1. The van der Waals surface area contributed by atoms with Gasteiger partial charge in [-0.2, -0.15) is 5.10 Å². The van der Waals surface area contributed by atoms with Gasteiger partial charge in [-0.1, -0.05) is 6.92 Å². The van der Waals surface area contributed by atoms with Crippen molar-refractivity contribution in [1.29, 1.82) is 0 Å². The van der Waals surface area contributed by atoms with Crippen LogP contribution < -0.4 is 10.9 Å². The fourth-order valence-corrected chi connectivity index (χ4v) is 4.16. The minimum atomic E-state index is -0.158. The summed E-state index contributed by atoms with van der Waals surface area (Å²) in [5, 5.41) is 8.02. The zero-order valence-electron chi connectivity index (χ0n) is 16.7. The molecule has 2 aromatic rings. The monoisotopic (exact) mass is 407 g/mol. The SMILES string of the molecule is CCCN(CC1CC1)C(=O)c1c(C)nn2c(C3CCNCC3)cc(=O)[nH]c12.Cl. The normalized spacial score (nSPS) is 17.5. The standard InChI is InChI=1S/C20H29N5O2.ClH/c1-3-10-24(12-14-4-5-14)20(27)18-13(2)23-25-16(11-17(26)22-19(18)25)15-6-8-21-9-7-15;/h11,14-15,21H,3-10,12H2,1-2H3,(H,22,26);1H. The van der Waals surface area contributed by atoms with Crippen molar-refractivity contribution in [1.82, 2.24) is 24.8 Å². The first kappa shape index (κ1) is 20.9. The molecule has 0 aromatic carbocycles. The molecule has 2 N–H and O–H groups in total. The third-order valence-electron chi connectivity index (χ3n) is 5.75. The van der Waals surface area contributed by atoms with Gasteiger partial charge >= 0.3 is 0 Å². The van der Waals surface area contributed by atoms with Gasteiger partial charge in [0.2, 0.25) is 0 Å². The number of aromatic amines is 1. The Morgan fingerprint density at radius 3 is 2.64 bits per heavy atom. The van der Waals surface area contributed by atoms with E-state index in [2.05, 4.69) is 22.3 Å². The third-order valence-corrected chi connectivity index (χ3v) is 5.75. The Morgan fingerprint density at radius 2 is 2.00 bits per heavy atom. The summed E-state index contributed by atoms with van der Waals surface area (Å²) >= 11 is 0. The molecule has 2 fully saturated rings. The highest BCUT2D eigenvalue weighted by atomic mass is 35.5. The molecule has 1 saturated heterocycles. The van der Waals surface area contributed by atoms with E-state index in [0.29, 0.717) is 22.8 Å². The van der Waals surface area contributed by atoms with Crippen molar-refractivity contribution in [2.75, 3.05) is 26.2 Å². The van der Waals surface area contributed by atoms with Gasteiger partial charge in [0.15, 0.2) is 0 Å². The number of halogens is 1. The lowest BCUT2D eigenvalue weighted by Gasteiger charge is -2.23. The topological polar surface area (TPSA) is 82.5 Å². The summed E-state index contributed by atoms with van der Waals surface area (Å²) in [6.07, 6.45) is 5.29. The Hall–Kier alpha value is -1.86. The molecule has 2 aliphatic rings. The van der Waals surface area contributed by atoms with E-state index < -0.39 is 0 Å². The summed E-state index contributed by atoms with van der Waals surface area (Å²) in [5.41, 5.74) is 2.55. The molecule has 0 unspecified atom stereocenters. The largest absolute Gasteiger partial charge is 0.338 e. The Morgan fingerprint density at radius 1 is 1.29 bits per heavy atom. The predicted molar refractivity (Wildman–Crippen MR) is 112 cm³/mol. The number of piperidine rings is 1. The molecule has 0 radical (unpaired) electrons. The van der Waals surface area contributed by atoms with E-state index in [1.807, 2.05) is 11.8 Å². The Kier molecular flexibility index (Phi) is 6.45. The molecule has 1 aliphatic carbocycles. The maximum absolute atomic E-state index is 13.3. The van der Waals surface area contributed by atoms with Gasteiger partial charge < -0.3 is 15.2 Å². The highest BCUT2D eigenvalue weighted by Crippen LogP contribution is 2.31. The molecule has 7 nitrogen and oxygen atoms in total. The highest BCUT2D eigenvalue weighted by Gasteiger charge is 2.30. The molecule has 1 saturated carbocycles. The quantitative estimate of drug-likeness (QED) is 0.770.